The molecule has 3 nitrogen and oxygen atoms in total. The quantitative estimate of drug-likeness (QED) is 0.703. The van der Waals surface area contributed by atoms with Crippen LogP contribution in [0.4, 0.5) is 0 Å². The van der Waals surface area contributed by atoms with E-state index in [2.05, 4.69) is 32.9 Å². The molecule has 0 fully saturated rings. The Bertz CT molecular complexity index is 657. The van der Waals surface area contributed by atoms with Crippen LogP contribution in [0, 0.1) is 5.41 Å². The largest absolute Gasteiger partial charge is 0.493 e. The van der Waals surface area contributed by atoms with Gasteiger partial charge < -0.3 is 15.2 Å². The maximum Gasteiger partial charge on any atom is 0.169 e. The first kappa shape index (κ1) is 19.3. The van der Waals surface area contributed by atoms with Gasteiger partial charge in [-0.1, -0.05) is 39.0 Å². The highest BCUT2D eigenvalue weighted by molar-refractivity contribution is 5.45. The van der Waals surface area contributed by atoms with Crippen LogP contribution < -0.4 is 15.2 Å². The fraction of sp³-hybridized carbons (Fsp3) is 0.455. The zero-order valence-corrected chi connectivity index (χ0v) is 16.0. The van der Waals surface area contributed by atoms with E-state index in [0.29, 0.717) is 12.0 Å². The van der Waals surface area contributed by atoms with Gasteiger partial charge >= 0.3 is 0 Å². The van der Waals surface area contributed by atoms with Crippen LogP contribution in [0.25, 0.3) is 0 Å². The normalized spacial score (nSPS) is 11.4. The molecule has 0 aliphatic heterocycles. The van der Waals surface area contributed by atoms with Crippen molar-refractivity contribution >= 4 is 0 Å². The molecular weight excluding hydrogens is 310 g/mol. The van der Waals surface area contributed by atoms with E-state index in [-0.39, 0.29) is 0 Å². The van der Waals surface area contributed by atoms with Crippen molar-refractivity contribution in [3.63, 3.8) is 0 Å². The third kappa shape index (κ3) is 6.43. The summed E-state index contributed by atoms with van der Waals surface area (Å²) in [5.41, 5.74) is 8.52. The monoisotopic (exact) mass is 341 g/mol. The molecule has 25 heavy (non-hydrogen) atoms. The van der Waals surface area contributed by atoms with Crippen molar-refractivity contribution in [2.24, 2.45) is 11.1 Å². The van der Waals surface area contributed by atoms with Gasteiger partial charge in [0.1, 0.15) is 5.75 Å². The van der Waals surface area contributed by atoms with Crippen LogP contribution in [0.15, 0.2) is 42.5 Å². The minimum absolute atomic E-state index is 0.398. The minimum Gasteiger partial charge on any atom is -0.493 e. The number of hydrogen-bond acceptors (Lipinski definition) is 3. The van der Waals surface area contributed by atoms with Crippen LogP contribution in [-0.2, 0) is 12.8 Å². The van der Waals surface area contributed by atoms with E-state index in [1.807, 2.05) is 30.3 Å². The Morgan fingerprint density at radius 3 is 2.16 bits per heavy atom. The number of methoxy groups -OCH3 is 1. The molecule has 0 heterocycles. The number of nitrogens with two attached hydrogens (primary N) is 1. The third-order valence-electron chi connectivity index (χ3n) is 4.20. The molecule has 0 amide bonds. The number of ether oxygens (including phenoxy) is 2. The minimum atomic E-state index is 0.398. The average molecular weight is 341 g/mol. The molecule has 136 valence electrons. The van der Waals surface area contributed by atoms with Crippen molar-refractivity contribution in [3.8, 4) is 17.2 Å². The molecule has 3 heteroatoms. The maximum absolute atomic E-state index is 5.99. The van der Waals surface area contributed by atoms with Gasteiger partial charge in [0, 0.05) is 0 Å². The summed E-state index contributed by atoms with van der Waals surface area (Å²) in [6, 6.07) is 14.3. The van der Waals surface area contributed by atoms with Crippen molar-refractivity contribution in [2.45, 2.75) is 46.5 Å². The summed E-state index contributed by atoms with van der Waals surface area (Å²) in [5.74, 6) is 2.29. The van der Waals surface area contributed by atoms with Gasteiger partial charge in [-0.15, -0.1) is 0 Å². The molecule has 0 aliphatic rings. The van der Waals surface area contributed by atoms with Gasteiger partial charge in [0.05, 0.1) is 7.11 Å². The highest BCUT2D eigenvalue weighted by Gasteiger charge is 2.10. The van der Waals surface area contributed by atoms with Crippen LogP contribution in [0.3, 0.4) is 0 Å². The number of rotatable bonds is 8. The van der Waals surface area contributed by atoms with E-state index in [1.165, 1.54) is 18.4 Å². The van der Waals surface area contributed by atoms with Crippen molar-refractivity contribution in [2.75, 3.05) is 13.7 Å². The van der Waals surface area contributed by atoms with Gasteiger partial charge in [-0.2, -0.15) is 0 Å². The molecule has 2 aromatic rings. The molecule has 0 saturated heterocycles. The third-order valence-corrected chi connectivity index (χ3v) is 4.20. The highest BCUT2D eigenvalue weighted by Crippen LogP contribution is 2.32. The van der Waals surface area contributed by atoms with Gasteiger partial charge in [-0.05, 0) is 73.0 Å². The number of benzene rings is 2. The lowest BCUT2D eigenvalue weighted by Gasteiger charge is -2.17. The van der Waals surface area contributed by atoms with Crippen LogP contribution in [0.1, 0.15) is 44.7 Å². The lowest BCUT2D eigenvalue weighted by atomic mass is 9.89. The molecule has 0 aliphatic carbocycles. The molecule has 0 spiro atoms. The summed E-state index contributed by atoms with van der Waals surface area (Å²) in [4.78, 5) is 0. The molecule has 2 N–H and O–H groups in total. The fourth-order valence-corrected chi connectivity index (χ4v) is 2.79. The average Bonchev–Trinajstić information content (AvgIpc) is 2.57. The predicted octanol–water partition coefficient (Wildman–Crippen LogP) is 5.36. The molecule has 0 saturated carbocycles. The molecule has 0 aromatic heterocycles. The molecule has 0 atom stereocenters. The zero-order valence-electron chi connectivity index (χ0n) is 16.0. The Morgan fingerprint density at radius 2 is 1.56 bits per heavy atom. The van der Waals surface area contributed by atoms with Crippen molar-refractivity contribution < 1.29 is 9.47 Å². The lowest BCUT2D eigenvalue weighted by molar-refractivity contribution is 0.365. The van der Waals surface area contributed by atoms with E-state index in [4.69, 9.17) is 15.2 Å². The number of aryl methyl sites for hydroxylation is 1. The number of hydrogen-bond donors (Lipinski definition) is 1. The van der Waals surface area contributed by atoms with Crippen LogP contribution in [-0.4, -0.2) is 13.7 Å². The molecule has 0 bridgehead atoms. The van der Waals surface area contributed by atoms with E-state index < -0.39 is 0 Å². The van der Waals surface area contributed by atoms with Gasteiger partial charge in [-0.3, -0.25) is 0 Å². The van der Waals surface area contributed by atoms with Crippen LogP contribution >= 0.6 is 0 Å². The summed E-state index contributed by atoms with van der Waals surface area (Å²) in [7, 11) is 1.66. The van der Waals surface area contributed by atoms with E-state index in [0.717, 1.165) is 35.7 Å². The molecule has 0 unspecified atom stereocenters. The predicted molar refractivity (Wildman–Crippen MR) is 105 cm³/mol. The summed E-state index contributed by atoms with van der Waals surface area (Å²) < 4.78 is 11.4. The second kappa shape index (κ2) is 8.91. The second-order valence-electron chi connectivity index (χ2n) is 7.68. The second-order valence-corrected chi connectivity index (χ2v) is 7.68. The Labute approximate surface area is 152 Å². The Kier molecular flexibility index (Phi) is 6.89. The first-order valence-corrected chi connectivity index (χ1v) is 9.05. The summed E-state index contributed by atoms with van der Waals surface area (Å²) in [6.45, 7) is 7.49. The van der Waals surface area contributed by atoms with Gasteiger partial charge in [0.25, 0.3) is 0 Å². The molecule has 2 rings (SSSR count). The Morgan fingerprint density at radius 1 is 0.880 bits per heavy atom. The molecular formula is C22H31NO2. The van der Waals surface area contributed by atoms with E-state index in [9.17, 15) is 0 Å². The smallest absolute Gasteiger partial charge is 0.169 e. The SMILES string of the molecule is COc1cc(CCN)ccc1Oc1ccc(CCCC(C)(C)C)cc1. The summed E-state index contributed by atoms with van der Waals surface area (Å²) >= 11 is 0. The Balaban J connectivity index is 1.99. The van der Waals surface area contributed by atoms with Crippen molar-refractivity contribution in [1.29, 1.82) is 0 Å². The molecule has 2 aromatic carbocycles. The van der Waals surface area contributed by atoms with E-state index >= 15 is 0 Å². The van der Waals surface area contributed by atoms with E-state index in [1.54, 1.807) is 7.11 Å². The lowest BCUT2D eigenvalue weighted by Crippen LogP contribution is -2.04. The topological polar surface area (TPSA) is 44.5 Å². The first-order valence-electron chi connectivity index (χ1n) is 9.05. The zero-order chi connectivity index (χ0) is 18.3. The maximum atomic E-state index is 5.99. The van der Waals surface area contributed by atoms with Gasteiger partial charge in [0.15, 0.2) is 11.5 Å². The summed E-state index contributed by atoms with van der Waals surface area (Å²) in [5, 5.41) is 0. The first-order chi connectivity index (χ1) is 11.9. The Hall–Kier alpha value is -2.00. The van der Waals surface area contributed by atoms with Crippen LogP contribution in [0.5, 0.6) is 17.2 Å². The molecule has 0 radical (unpaired) electrons. The van der Waals surface area contributed by atoms with Gasteiger partial charge in [0.2, 0.25) is 0 Å². The standard InChI is InChI=1S/C22H31NO2/c1-22(2,3)14-5-6-17-7-10-19(11-8-17)25-20-12-9-18(13-15-23)16-21(20)24-4/h7-12,16H,5-6,13-15,23H2,1-4H3. The van der Waals surface area contributed by atoms with Gasteiger partial charge in [-0.25, -0.2) is 0 Å². The highest BCUT2D eigenvalue weighted by atomic mass is 16.5. The summed E-state index contributed by atoms with van der Waals surface area (Å²) in [6.07, 6.45) is 4.38. The van der Waals surface area contributed by atoms with Crippen molar-refractivity contribution in [1.82, 2.24) is 0 Å². The fourth-order valence-electron chi connectivity index (χ4n) is 2.79. The van der Waals surface area contributed by atoms with Crippen LogP contribution in [0.2, 0.25) is 0 Å². The van der Waals surface area contributed by atoms with Crippen molar-refractivity contribution in [3.05, 3.63) is 53.6 Å².